The van der Waals surface area contributed by atoms with Gasteiger partial charge in [-0.15, -0.1) is 11.3 Å². The van der Waals surface area contributed by atoms with E-state index in [9.17, 15) is 0 Å². The first-order chi connectivity index (χ1) is 9.75. The van der Waals surface area contributed by atoms with E-state index in [1.807, 2.05) is 0 Å². The summed E-state index contributed by atoms with van der Waals surface area (Å²) < 4.78 is 5.85. The van der Waals surface area contributed by atoms with E-state index in [0.29, 0.717) is 24.1 Å². The molecule has 6 heteroatoms. The molecular weight excluding hydrogens is 272 g/mol. The largest absolute Gasteiger partial charge is 0.376 e. The van der Waals surface area contributed by atoms with E-state index in [1.54, 1.807) is 17.7 Å². The van der Waals surface area contributed by atoms with Crippen molar-refractivity contribution in [1.82, 2.24) is 14.9 Å². The zero-order valence-electron chi connectivity index (χ0n) is 11.6. The number of fused-ring (bicyclic) bond motifs is 2. The van der Waals surface area contributed by atoms with Crippen molar-refractivity contribution in [3.05, 3.63) is 17.8 Å². The number of nitrogens with one attached hydrogen (secondary N) is 1. The maximum absolute atomic E-state index is 5.85. The highest BCUT2D eigenvalue weighted by molar-refractivity contribution is 7.16. The molecule has 2 aromatic rings. The third-order valence-corrected chi connectivity index (χ3v) is 5.33. The number of anilines is 1. The minimum absolute atomic E-state index is 0.377. The van der Waals surface area contributed by atoms with Gasteiger partial charge in [0.2, 0.25) is 0 Å². The molecule has 106 valence electrons. The number of aromatic nitrogens is 2. The third kappa shape index (κ3) is 1.75. The molecule has 2 aromatic heterocycles. The molecule has 0 aromatic carbocycles. The van der Waals surface area contributed by atoms with Gasteiger partial charge in [0, 0.05) is 12.5 Å². The molecule has 5 nitrogen and oxygen atoms in total. The minimum atomic E-state index is 0.377. The van der Waals surface area contributed by atoms with Gasteiger partial charge in [-0.3, -0.25) is 0 Å². The van der Waals surface area contributed by atoms with Gasteiger partial charge in [0.15, 0.2) is 0 Å². The summed E-state index contributed by atoms with van der Waals surface area (Å²) in [6.07, 6.45) is 3.17. The second-order valence-corrected chi connectivity index (χ2v) is 6.67. The predicted octanol–water partition coefficient (Wildman–Crippen LogP) is 1.82. The lowest BCUT2D eigenvalue weighted by Crippen LogP contribution is -2.66. The number of hydrogen-bond donors (Lipinski definition) is 1. The van der Waals surface area contributed by atoms with Gasteiger partial charge >= 0.3 is 0 Å². The van der Waals surface area contributed by atoms with Crippen LogP contribution < -0.4 is 5.32 Å². The van der Waals surface area contributed by atoms with Crippen molar-refractivity contribution in [2.45, 2.75) is 24.6 Å². The van der Waals surface area contributed by atoms with Crippen LogP contribution in [0.3, 0.4) is 0 Å². The Morgan fingerprint density at radius 3 is 3.15 bits per heavy atom. The molecular formula is C14H18N4OS. The average Bonchev–Trinajstić information content (AvgIpc) is 3.02. The maximum Gasteiger partial charge on any atom is 0.138 e. The molecule has 4 rings (SSSR count). The number of hydrogen-bond acceptors (Lipinski definition) is 6. The number of thiophene rings is 1. The predicted molar refractivity (Wildman–Crippen MR) is 80.1 cm³/mol. The molecule has 2 aliphatic rings. The lowest BCUT2D eigenvalue weighted by atomic mass is 9.71. The van der Waals surface area contributed by atoms with Gasteiger partial charge in [-0.1, -0.05) is 0 Å². The number of rotatable bonds is 3. The Morgan fingerprint density at radius 2 is 2.30 bits per heavy atom. The standard InChI is InChI=1S/C14H18N4OS/c1-18(2)11-10(8-3-5-19-12(8)11)17-13-9-4-6-20-14(9)16-7-15-13/h4,6-8,10-12H,3,5H2,1-2H3,(H,15,16,17)/t8-,10+,11-,12-/m1/s1. The molecule has 0 unspecified atom stereocenters. The monoisotopic (exact) mass is 290 g/mol. The lowest BCUT2D eigenvalue weighted by molar-refractivity contribution is -0.0516. The van der Waals surface area contributed by atoms with Crippen LogP contribution >= 0.6 is 11.3 Å². The van der Waals surface area contributed by atoms with Crippen molar-refractivity contribution < 1.29 is 4.74 Å². The molecule has 0 spiro atoms. The summed E-state index contributed by atoms with van der Waals surface area (Å²) >= 11 is 1.65. The molecule has 1 N–H and O–H groups in total. The Labute approximate surface area is 122 Å². The van der Waals surface area contributed by atoms with Crippen LogP contribution in [0.1, 0.15) is 6.42 Å². The SMILES string of the molecule is CN(C)[C@@H]1[C@@H](Nc2ncnc3sccc23)[C@H]2CCO[C@H]21. The van der Waals surface area contributed by atoms with Crippen molar-refractivity contribution >= 4 is 27.4 Å². The van der Waals surface area contributed by atoms with Crippen molar-refractivity contribution in [2.75, 3.05) is 26.0 Å². The van der Waals surface area contributed by atoms with E-state index in [0.717, 1.165) is 29.1 Å². The molecule has 4 atom stereocenters. The van der Waals surface area contributed by atoms with E-state index in [2.05, 4.69) is 45.7 Å². The Balaban J connectivity index is 1.63. The third-order valence-electron chi connectivity index (χ3n) is 4.51. The zero-order chi connectivity index (χ0) is 13.7. The molecule has 0 bridgehead atoms. The van der Waals surface area contributed by atoms with Crippen LogP contribution in [0.5, 0.6) is 0 Å². The molecule has 3 heterocycles. The van der Waals surface area contributed by atoms with Crippen molar-refractivity contribution in [2.24, 2.45) is 5.92 Å². The van der Waals surface area contributed by atoms with Gasteiger partial charge in [0.05, 0.1) is 23.6 Å². The summed E-state index contributed by atoms with van der Waals surface area (Å²) in [5.41, 5.74) is 0. The Kier molecular flexibility index (Phi) is 2.90. The van der Waals surface area contributed by atoms with E-state index >= 15 is 0 Å². The van der Waals surface area contributed by atoms with Gasteiger partial charge in [0.25, 0.3) is 0 Å². The number of ether oxygens (including phenoxy) is 1. The quantitative estimate of drug-likeness (QED) is 0.934. The first-order valence-corrected chi connectivity index (χ1v) is 7.86. The molecule has 20 heavy (non-hydrogen) atoms. The van der Waals surface area contributed by atoms with Crippen LogP contribution in [0.4, 0.5) is 5.82 Å². The first-order valence-electron chi connectivity index (χ1n) is 6.98. The van der Waals surface area contributed by atoms with Crippen LogP contribution in [0.2, 0.25) is 0 Å². The molecule has 2 fully saturated rings. The van der Waals surface area contributed by atoms with Gasteiger partial charge in [-0.05, 0) is 32.0 Å². The summed E-state index contributed by atoms with van der Waals surface area (Å²) in [6.45, 7) is 0.884. The van der Waals surface area contributed by atoms with E-state index in [1.165, 1.54) is 0 Å². The maximum atomic E-state index is 5.85. The number of likely N-dealkylation sites (N-methyl/N-ethyl adjacent to an activating group) is 1. The van der Waals surface area contributed by atoms with Crippen LogP contribution in [-0.2, 0) is 4.74 Å². The highest BCUT2D eigenvalue weighted by Crippen LogP contribution is 2.43. The fraction of sp³-hybridized carbons (Fsp3) is 0.571. The Hall–Kier alpha value is -1.24. The van der Waals surface area contributed by atoms with Crippen molar-refractivity contribution in [3.63, 3.8) is 0 Å². The molecule has 0 radical (unpaired) electrons. The smallest absolute Gasteiger partial charge is 0.138 e. The zero-order valence-corrected chi connectivity index (χ0v) is 12.4. The summed E-state index contributed by atoms with van der Waals surface area (Å²) in [6, 6.07) is 2.93. The summed E-state index contributed by atoms with van der Waals surface area (Å²) in [5.74, 6) is 1.56. The highest BCUT2D eigenvalue weighted by atomic mass is 32.1. The summed E-state index contributed by atoms with van der Waals surface area (Å²) in [5, 5.41) is 6.83. The van der Waals surface area contributed by atoms with Gasteiger partial charge in [0.1, 0.15) is 17.0 Å². The normalized spacial score (nSPS) is 32.4. The number of nitrogens with zero attached hydrogens (tertiary/aromatic N) is 3. The van der Waals surface area contributed by atoms with Crippen molar-refractivity contribution in [1.29, 1.82) is 0 Å². The van der Waals surface area contributed by atoms with Crippen LogP contribution in [0.25, 0.3) is 10.2 Å². The fourth-order valence-electron chi connectivity index (χ4n) is 3.55. The van der Waals surface area contributed by atoms with E-state index in [-0.39, 0.29) is 0 Å². The Morgan fingerprint density at radius 1 is 1.40 bits per heavy atom. The van der Waals surface area contributed by atoms with Gasteiger partial charge in [-0.2, -0.15) is 0 Å². The van der Waals surface area contributed by atoms with Gasteiger partial charge in [-0.25, -0.2) is 9.97 Å². The Bertz CT molecular complexity index is 628. The average molecular weight is 290 g/mol. The summed E-state index contributed by atoms with van der Waals surface area (Å²) in [4.78, 5) is 12.0. The lowest BCUT2D eigenvalue weighted by Gasteiger charge is -2.51. The van der Waals surface area contributed by atoms with E-state index in [4.69, 9.17) is 4.74 Å². The van der Waals surface area contributed by atoms with Crippen LogP contribution in [-0.4, -0.2) is 53.8 Å². The van der Waals surface area contributed by atoms with Crippen LogP contribution in [0, 0.1) is 5.92 Å². The second kappa shape index (κ2) is 4.65. The molecule has 1 saturated carbocycles. The molecule has 1 aliphatic carbocycles. The molecule has 0 amide bonds. The minimum Gasteiger partial charge on any atom is -0.376 e. The van der Waals surface area contributed by atoms with Crippen molar-refractivity contribution in [3.8, 4) is 0 Å². The first kappa shape index (κ1) is 12.5. The fourth-order valence-corrected chi connectivity index (χ4v) is 4.28. The summed E-state index contributed by atoms with van der Waals surface area (Å²) in [7, 11) is 4.24. The molecule has 1 saturated heterocycles. The topological polar surface area (TPSA) is 50.3 Å². The van der Waals surface area contributed by atoms with E-state index < -0.39 is 0 Å². The second-order valence-electron chi connectivity index (χ2n) is 5.77. The molecule has 1 aliphatic heterocycles. The highest BCUT2D eigenvalue weighted by Gasteiger charge is 2.55. The van der Waals surface area contributed by atoms with Crippen LogP contribution in [0.15, 0.2) is 17.8 Å². The van der Waals surface area contributed by atoms with Gasteiger partial charge < -0.3 is 15.0 Å².